The number of carbonyl (C=O) groups is 5. The molecule has 1 aliphatic heterocycles. The molecule has 0 bridgehead atoms. The molecule has 53 heavy (non-hydrogen) atoms. The molecule has 0 unspecified atom stereocenters. The molecule has 6 N–H and O–H groups in total. The van der Waals surface area contributed by atoms with Gasteiger partial charge < -0.3 is 54.3 Å². The molecule has 17 nitrogen and oxygen atoms in total. The van der Waals surface area contributed by atoms with Crippen molar-refractivity contribution in [2.45, 2.75) is 0 Å². The number of hydrogen-bond donors (Lipinski definition) is 6. The predicted octanol–water partition coefficient (Wildman–Crippen LogP) is 3.38. The van der Waals surface area contributed by atoms with E-state index < -0.39 is 61.5 Å². The zero-order valence-electron chi connectivity index (χ0n) is 27.4. The number of phenols is 1. The average molecular weight is 731 g/mol. The molecule has 5 rings (SSSR count). The third-order valence-corrected chi connectivity index (χ3v) is 7.73. The van der Waals surface area contributed by atoms with Gasteiger partial charge in [0.05, 0.1) is 16.9 Å². The first-order valence-corrected chi connectivity index (χ1v) is 15.5. The van der Waals surface area contributed by atoms with Gasteiger partial charge in [-0.25, -0.2) is 4.79 Å². The van der Waals surface area contributed by atoms with Gasteiger partial charge in [0.2, 0.25) is 0 Å². The van der Waals surface area contributed by atoms with E-state index in [1.165, 1.54) is 54.6 Å². The highest BCUT2D eigenvalue weighted by Crippen LogP contribution is 2.45. The number of fused-ring (bicyclic) bond motifs is 2. The number of nitrogens with zero attached hydrogens (tertiary/aromatic N) is 2. The highest BCUT2D eigenvalue weighted by molar-refractivity contribution is 6.09. The average Bonchev–Trinajstić information content (AvgIpc) is 3.07. The molecule has 0 radical (unpaired) electrons. The maximum atomic E-state index is 12.8. The lowest BCUT2D eigenvalue weighted by Gasteiger charge is -2.26. The van der Waals surface area contributed by atoms with Crippen LogP contribution in [0.25, 0.3) is 33.4 Å². The number of para-hydroxylation sites is 2. The Morgan fingerprint density at radius 3 is 1.81 bits per heavy atom. The fraction of sp³-hybridized carbons (Fsp3) is 0.167. The summed E-state index contributed by atoms with van der Waals surface area (Å²) in [6.45, 7) is -3.62. The van der Waals surface area contributed by atoms with Crippen LogP contribution in [0.2, 0.25) is 0 Å². The Hall–Kier alpha value is -7.30. The van der Waals surface area contributed by atoms with Crippen LogP contribution in [-0.4, -0.2) is 99.9 Å². The van der Waals surface area contributed by atoms with E-state index in [9.17, 15) is 59.4 Å². The number of carboxylic acids is 5. The molecule has 2 aliphatic rings. The Morgan fingerprint density at radius 1 is 0.623 bits per heavy atom. The van der Waals surface area contributed by atoms with Gasteiger partial charge in [-0.05, 0) is 54.1 Å². The topological polar surface area (TPSA) is 262 Å². The van der Waals surface area contributed by atoms with E-state index in [1.54, 1.807) is 12.1 Å². The van der Waals surface area contributed by atoms with Crippen LogP contribution in [0.3, 0.4) is 0 Å². The van der Waals surface area contributed by atoms with Gasteiger partial charge in [0.1, 0.15) is 68.0 Å². The second kappa shape index (κ2) is 15.7. The lowest BCUT2D eigenvalue weighted by molar-refractivity contribution is -0.138. The van der Waals surface area contributed by atoms with E-state index >= 15 is 0 Å². The summed E-state index contributed by atoms with van der Waals surface area (Å²) in [4.78, 5) is 73.8. The molecule has 274 valence electrons. The SMILES string of the molecule is O=C(O)CN(CC(=O)O)c1ccccc1OCCOc1cc(C(=O)O)c(-c2c3ccc(=O)cc-3oc3cc(O)ccc23)cc1N(CC(=O)O)CC(=O)O. The molecule has 1 aliphatic carbocycles. The van der Waals surface area contributed by atoms with Crippen LogP contribution >= 0.6 is 0 Å². The molecule has 0 saturated carbocycles. The molecule has 0 amide bonds. The number of carboxylic acid groups (broad SMARTS) is 5. The largest absolute Gasteiger partial charge is 0.508 e. The van der Waals surface area contributed by atoms with Crippen LogP contribution in [-0.2, 0) is 19.2 Å². The zero-order valence-corrected chi connectivity index (χ0v) is 27.4. The smallest absolute Gasteiger partial charge is 0.336 e. The Bertz CT molecular complexity index is 2230. The third kappa shape index (κ3) is 8.72. The number of ether oxygens (including phenoxy) is 2. The van der Waals surface area contributed by atoms with Crippen molar-refractivity contribution in [3.05, 3.63) is 88.6 Å². The summed E-state index contributed by atoms with van der Waals surface area (Å²) in [7, 11) is 0. The van der Waals surface area contributed by atoms with Gasteiger partial charge in [-0.2, -0.15) is 0 Å². The van der Waals surface area contributed by atoms with E-state index in [0.717, 1.165) is 15.9 Å². The van der Waals surface area contributed by atoms with Crippen LogP contribution in [0.15, 0.2) is 82.0 Å². The van der Waals surface area contributed by atoms with Crippen LogP contribution < -0.4 is 24.7 Å². The second-order valence-electron chi connectivity index (χ2n) is 11.4. The quantitative estimate of drug-likeness (QED) is 0.0591. The molecule has 0 fully saturated rings. The van der Waals surface area contributed by atoms with Gasteiger partial charge in [0.15, 0.2) is 5.43 Å². The maximum absolute atomic E-state index is 12.8. The summed E-state index contributed by atoms with van der Waals surface area (Å²) in [5, 5.41) is 58.9. The maximum Gasteiger partial charge on any atom is 0.336 e. The van der Waals surface area contributed by atoms with Crippen molar-refractivity contribution in [2.75, 3.05) is 49.2 Å². The number of aromatic hydroxyl groups is 1. The summed E-state index contributed by atoms with van der Waals surface area (Å²) in [6.07, 6.45) is 0. The van der Waals surface area contributed by atoms with Gasteiger partial charge in [-0.1, -0.05) is 12.1 Å². The molecule has 1 heterocycles. The van der Waals surface area contributed by atoms with E-state index in [2.05, 4.69) is 0 Å². The van der Waals surface area contributed by atoms with Crippen molar-refractivity contribution in [3.63, 3.8) is 0 Å². The first-order valence-electron chi connectivity index (χ1n) is 15.5. The minimum Gasteiger partial charge on any atom is -0.508 e. The molecule has 3 aromatic rings. The standard InChI is InChI=1S/C36H30N2O15/c39-19-5-7-21-28(11-19)53-29-12-20(40)6-8-22(29)35(21)23-13-26(38(17-33(45)46)18-34(47)48)30(14-24(23)36(49)50)52-10-9-51-27-4-2-1-3-25(27)37(15-31(41)42)16-32(43)44/h1-8,11-14,39H,9-10,15-18H2,(H,41,42)(H,43,44)(H,45,46)(H,47,48)(H,49,50). The molecule has 0 saturated heterocycles. The van der Waals surface area contributed by atoms with Crippen molar-refractivity contribution >= 4 is 52.2 Å². The molecule has 17 heteroatoms. The molecular weight excluding hydrogens is 700 g/mol. The van der Waals surface area contributed by atoms with Crippen molar-refractivity contribution in [2.24, 2.45) is 0 Å². The monoisotopic (exact) mass is 730 g/mol. The van der Waals surface area contributed by atoms with Crippen LogP contribution in [0.1, 0.15) is 10.4 Å². The lowest BCUT2D eigenvalue weighted by atomic mass is 9.90. The molecule has 3 aromatic carbocycles. The highest BCUT2D eigenvalue weighted by Gasteiger charge is 2.27. The van der Waals surface area contributed by atoms with Gasteiger partial charge in [-0.15, -0.1) is 0 Å². The fourth-order valence-corrected chi connectivity index (χ4v) is 5.71. The van der Waals surface area contributed by atoms with Crippen molar-refractivity contribution in [1.29, 1.82) is 0 Å². The van der Waals surface area contributed by atoms with Crippen molar-refractivity contribution in [3.8, 4) is 39.7 Å². The van der Waals surface area contributed by atoms with E-state index in [0.29, 0.717) is 5.39 Å². The molecule has 0 atom stereocenters. The first kappa shape index (κ1) is 37.0. The number of benzene rings is 4. The lowest BCUT2D eigenvalue weighted by Crippen LogP contribution is -2.35. The predicted molar refractivity (Wildman–Crippen MR) is 186 cm³/mol. The number of rotatable bonds is 17. The third-order valence-electron chi connectivity index (χ3n) is 7.73. The number of hydrogen-bond acceptors (Lipinski definition) is 12. The Labute approximate surface area is 298 Å². The number of aromatic carboxylic acids is 1. The van der Waals surface area contributed by atoms with Gasteiger partial charge in [0.25, 0.3) is 0 Å². The van der Waals surface area contributed by atoms with E-state index in [1.807, 2.05) is 0 Å². The Kier molecular flexibility index (Phi) is 11.0. The zero-order chi connectivity index (χ0) is 38.4. The minimum absolute atomic E-state index is 0.0297. The summed E-state index contributed by atoms with van der Waals surface area (Å²) in [5.41, 5.74) is -0.243. The van der Waals surface area contributed by atoms with Gasteiger partial charge in [0, 0.05) is 28.6 Å². The van der Waals surface area contributed by atoms with Crippen LogP contribution in [0.5, 0.6) is 17.2 Å². The summed E-state index contributed by atoms with van der Waals surface area (Å²) < 4.78 is 17.6. The van der Waals surface area contributed by atoms with Crippen LogP contribution in [0.4, 0.5) is 11.4 Å². The summed E-state index contributed by atoms with van der Waals surface area (Å²) in [5.74, 6) is -7.16. The van der Waals surface area contributed by atoms with E-state index in [-0.39, 0.29) is 75.4 Å². The Morgan fingerprint density at radius 2 is 1.21 bits per heavy atom. The van der Waals surface area contributed by atoms with Crippen LogP contribution in [0, 0.1) is 0 Å². The van der Waals surface area contributed by atoms with Crippen molar-refractivity contribution in [1.82, 2.24) is 0 Å². The number of anilines is 2. The number of phenolic OH excluding ortho intramolecular Hbond substituents is 1. The summed E-state index contributed by atoms with van der Waals surface area (Å²) in [6, 6.07) is 16.2. The Balaban J connectivity index is 1.61. The minimum atomic E-state index is -1.46. The molecule has 0 spiro atoms. The van der Waals surface area contributed by atoms with Gasteiger partial charge in [-0.3, -0.25) is 24.0 Å². The number of aliphatic carboxylic acids is 4. The first-order chi connectivity index (χ1) is 25.2. The highest BCUT2D eigenvalue weighted by atomic mass is 16.5. The molecular formula is C36H30N2O15. The fourth-order valence-electron chi connectivity index (χ4n) is 5.71. The van der Waals surface area contributed by atoms with Crippen molar-refractivity contribution < 1.29 is 68.5 Å². The van der Waals surface area contributed by atoms with Gasteiger partial charge >= 0.3 is 29.8 Å². The van der Waals surface area contributed by atoms with E-state index in [4.69, 9.17) is 13.9 Å². The second-order valence-corrected chi connectivity index (χ2v) is 11.4. The summed E-state index contributed by atoms with van der Waals surface area (Å²) >= 11 is 0. The molecule has 0 aromatic heterocycles. The normalized spacial score (nSPS) is 10.9.